The third-order valence-corrected chi connectivity index (χ3v) is 4.57. The van der Waals surface area contributed by atoms with Crippen LogP contribution in [0, 0.1) is 5.82 Å². The lowest BCUT2D eigenvalue weighted by molar-refractivity contribution is 0.270. The minimum Gasteiger partial charge on any atom is -0.307 e. The van der Waals surface area contributed by atoms with E-state index < -0.39 is 0 Å². The lowest BCUT2D eigenvalue weighted by Gasteiger charge is -2.38. The van der Waals surface area contributed by atoms with Gasteiger partial charge in [0.25, 0.3) is 0 Å². The summed E-state index contributed by atoms with van der Waals surface area (Å²) in [5.41, 5.74) is 2.36. The predicted octanol–water partition coefficient (Wildman–Crippen LogP) is 5.08. The summed E-state index contributed by atoms with van der Waals surface area (Å²) in [5.74, 6) is 0.342. The molecule has 0 heterocycles. The Balaban J connectivity index is 1.54. The van der Waals surface area contributed by atoms with E-state index in [0.29, 0.717) is 18.0 Å². The van der Waals surface area contributed by atoms with E-state index >= 15 is 0 Å². The van der Waals surface area contributed by atoms with Gasteiger partial charge in [0.05, 0.1) is 0 Å². The fourth-order valence-corrected chi connectivity index (χ4v) is 3.11. The summed E-state index contributed by atoms with van der Waals surface area (Å²) in [7, 11) is 0. The Morgan fingerprint density at radius 2 is 1.86 bits per heavy atom. The second-order valence-electron chi connectivity index (χ2n) is 5.86. The highest BCUT2D eigenvalue weighted by Gasteiger charge is 2.31. The minimum atomic E-state index is -0.140. The first-order valence-electron chi connectivity index (χ1n) is 7.39. The summed E-state index contributed by atoms with van der Waals surface area (Å²) in [6.07, 6.45) is 2.14. The Hall–Kier alpha value is -1.38. The van der Waals surface area contributed by atoms with Crippen LogP contribution in [0.1, 0.15) is 42.9 Å². The molecule has 1 nitrogen and oxygen atoms in total. The summed E-state index contributed by atoms with van der Waals surface area (Å²) in [6.45, 7) is 2.17. The maximum Gasteiger partial charge on any atom is 0.123 e. The van der Waals surface area contributed by atoms with Crippen LogP contribution in [0.3, 0.4) is 0 Å². The number of nitrogens with one attached hydrogen (secondary N) is 1. The molecule has 1 aliphatic rings. The van der Waals surface area contributed by atoms with Crippen LogP contribution in [0.2, 0.25) is 5.02 Å². The molecule has 1 unspecified atom stereocenters. The standard InChI is InChI=1S/C18H19ClFN/c1-12(13-5-7-16(19)8-6-13)21-18-10-15(11-18)14-3-2-4-17(20)9-14/h2-9,12,15,18,21H,10-11H2,1H3. The lowest BCUT2D eigenvalue weighted by atomic mass is 9.75. The molecule has 2 aromatic carbocycles. The molecule has 0 spiro atoms. The molecule has 3 rings (SSSR count). The van der Waals surface area contributed by atoms with Gasteiger partial charge in [-0.1, -0.05) is 35.9 Å². The van der Waals surface area contributed by atoms with Crippen molar-refractivity contribution in [2.24, 2.45) is 0 Å². The highest BCUT2D eigenvalue weighted by molar-refractivity contribution is 6.30. The Bertz CT molecular complexity index is 605. The zero-order valence-corrected chi connectivity index (χ0v) is 12.8. The van der Waals surface area contributed by atoms with E-state index in [1.54, 1.807) is 12.1 Å². The maximum absolute atomic E-state index is 13.2. The lowest BCUT2D eigenvalue weighted by Crippen LogP contribution is -2.41. The van der Waals surface area contributed by atoms with Gasteiger partial charge in [-0.05, 0) is 61.1 Å². The van der Waals surface area contributed by atoms with Gasteiger partial charge in [0, 0.05) is 17.1 Å². The molecule has 1 saturated carbocycles. The summed E-state index contributed by atoms with van der Waals surface area (Å²) in [4.78, 5) is 0. The van der Waals surface area contributed by atoms with E-state index in [2.05, 4.69) is 24.4 Å². The Morgan fingerprint density at radius 3 is 2.52 bits per heavy atom. The quantitative estimate of drug-likeness (QED) is 0.831. The Labute approximate surface area is 130 Å². The van der Waals surface area contributed by atoms with Crippen molar-refractivity contribution in [1.82, 2.24) is 5.32 Å². The van der Waals surface area contributed by atoms with Crippen molar-refractivity contribution < 1.29 is 4.39 Å². The number of benzene rings is 2. The SMILES string of the molecule is CC(NC1CC(c2cccc(F)c2)C1)c1ccc(Cl)cc1. The summed E-state index contributed by atoms with van der Waals surface area (Å²) < 4.78 is 13.2. The van der Waals surface area contributed by atoms with Crippen LogP contribution in [0.15, 0.2) is 48.5 Å². The zero-order chi connectivity index (χ0) is 14.8. The molecule has 0 aromatic heterocycles. The molecule has 3 heteroatoms. The first-order valence-corrected chi connectivity index (χ1v) is 7.76. The third-order valence-electron chi connectivity index (χ3n) is 4.31. The molecule has 0 bridgehead atoms. The van der Waals surface area contributed by atoms with Gasteiger partial charge < -0.3 is 5.32 Å². The zero-order valence-electron chi connectivity index (χ0n) is 12.0. The van der Waals surface area contributed by atoms with Gasteiger partial charge in [0.1, 0.15) is 5.82 Å². The maximum atomic E-state index is 13.2. The third kappa shape index (κ3) is 3.45. The van der Waals surface area contributed by atoms with E-state index in [9.17, 15) is 4.39 Å². The molecular formula is C18H19ClFN. The number of halogens is 2. The molecule has 0 saturated heterocycles. The number of hydrogen-bond donors (Lipinski definition) is 1. The molecule has 0 aliphatic heterocycles. The molecule has 21 heavy (non-hydrogen) atoms. The molecule has 0 radical (unpaired) electrons. The Kier molecular flexibility index (Phi) is 4.27. The van der Waals surface area contributed by atoms with Crippen molar-refractivity contribution in [3.05, 3.63) is 70.5 Å². The molecule has 1 N–H and O–H groups in total. The molecule has 1 aliphatic carbocycles. The van der Waals surface area contributed by atoms with Crippen LogP contribution >= 0.6 is 11.6 Å². The van der Waals surface area contributed by atoms with Gasteiger partial charge in [-0.2, -0.15) is 0 Å². The van der Waals surface area contributed by atoms with E-state index in [0.717, 1.165) is 23.4 Å². The van der Waals surface area contributed by atoms with Crippen LogP contribution < -0.4 is 5.32 Å². The topological polar surface area (TPSA) is 12.0 Å². The van der Waals surface area contributed by atoms with Gasteiger partial charge in [-0.25, -0.2) is 4.39 Å². The average Bonchev–Trinajstić information content (AvgIpc) is 2.43. The highest BCUT2D eigenvalue weighted by Crippen LogP contribution is 2.38. The monoisotopic (exact) mass is 303 g/mol. The fourth-order valence-electron chi connectivity index (χ4n) is 2.99. The molecular weight excluding hydrogens is 285 g/mol. The molecule has 110 valence electrons. The normalized spacial score (nSPS) is 22.6. The van der Waals surface area contributed by atoms with Crippen molar-refractivity contribution in [2.75, 3.05) is 0 Å². The average molecular weight is 304 g/mol. The summed E-state index contributed by atoms with van der Waals surface area (Å²) >= 11 is 5.91. The second-order valence-corrected chi connectivity index (χ2v) is 6.30. The first kappa shape index (κ1) is 14.6. The fraction of sp³-hybridized carbons (Fsp3) is 0.333. The summed E-state index contributed by atoms with van der Waals surface area (Å²) in [6, 6.07) is 15.7. The number of hydrogen-bond acceptors (Lipinski definition) is 1. The van der Waals surface area contributed by atoms with Crippen LogP contribution in [-0.2, 0) is 0 Å². The van der Waals surface area contributed by atoms with Crippen LogP contribution in [0.25, 0.3) is 0 Å². The molecule has 0 amide bonds. The van der Waals surface area contributed by atoms with E-state index in [1.165, 1.54) is 11.6 Å². The number of rotatable bonds is 4. The van der Waals surface area contributed by atoms with Crippen LogP contribution in [0.4, 0.5) is 4.39 Å². The molecule has 2 aromatic rings. The summed E-state index contributed by atoms with van der Waals surface area (Å²) in [5, 5.41) is 4.39. The largest absolute Gasteiger partial charge is 0.307 e. The van der Waals surface area contributed by atoms with Gasteiger partial charge in [-0.3, -0.25) is 0 Å². The van der Waals surface area contributed by atoms with Gasteiger partial charge >= 0.3 is 0 Å². The van der Waals surface area contributed by atoms with E-state index in [1.807, 2.05) is 18.2 Å². The van der Waals surface area contributed by atoms with Crippen molar-refractivity contribution in [3.63, 3.8) is 0 Å². The Morgan fingerprint density at radius 1 is 1.14 bits per heavy atom. The van der Waals surface area contributed by atoms with Crippen LogP contribution in [0.5, 0.6) is 0 Å². The second kappa shape index (κ2) is 6.17. The molecule has 1 atom stereocenters. The predicted molar refractivity (Wildman–Crippen MR) is 85.2 cm³/mol. The first-order chi connectivity index (χ1) is 10.1. The van der Waals surface area contributed by atoms with Crippen molar-refractivity contribution >= 4 is 11.6 Å². The van der Waals surface area contributed by atoms with E-state index in [-0.39, 0.29) is 5.82 Å². The highest BCUT2D eigenvalue weighted by atomic mass is 35.5. The van der Waals surface area contributed by atoms with Crippen molar-refractivity contribution in [3.8, 4) is 0 Å². The van der Waals surface area contributed by atoms with E-state index in [4.69, 9.17) is 11.6 Å². The van der Waals surface area contributed by atoms with Crippen molar-refractivity contribution in [1.29, 1.82) is 0 Å². The van der Waals surface area contributed by atoms with Gasteiger partial charge in [-0.15, -0.1) is 0 Å². The van der Waals surface area contributed by atoms with Gasteiger partial charge in [0.15, 0.2) is 0 Å². The van der Waals surface area contributed by atoms with Crippen LogP contribution in [-0.4, -0.2) is 6.04 Å². The van der Waals surface area contributed by atoms with Crippen molar-refractivity contribution in [2.45, 2.75) is 37.8 Å². The molecule has 1 fully saturated rings. The van der Waals surface area contributed by atoms with Gasteiger partial charge in [0.2, 0.25) is 0 Å². The smallest absolute Gasteiger partial charge is 0.123 e. The minimum absolute atomic E-state index is 0.140.